The fraction of sp³-hybridized carbons (Fsp3) is 0.923. The van der Waals surface area contributed by atoms with Gasteiger partial charge in [-0.05, 0) is 58.4 Å². The van der Waals surface area contributed by atoms with E-state index in [-0.39, 0.29) is 11.4 Å². The van der Waals surface area contributed by atoms with Crippen LogP contribution in [0.15, 0.2) is 0 Å². The summed E-state index contributed by atoms with van der Waals surface area (Å²) in [5, 5.41) is 3.40. The van der Waals surface area contributed by atoms with Crippen LogP contribution >= 0.6 is 0 Å². The van der Waals surface area contributed by atoms with Gasteiger partial charge in [0.15, 0.2) is 0 Å². The minimum Gasteiger partial charge on any atom is -0.341 e. The topological polar surface area (TPSA) is 32.3 Å². The van der Waals surface area contributed by atoms with Gasteiger partial charge in [-0.1, -0.05) is 0 Å². The first-order valence-electron chi connectivity index (χ1n) is 6.57. The third-order valence-electron chi connectivity index (χ3n) is 4.33. The quantitative estimate of drug-likeness (QED) is 0.792. The van der Waals surface area contributed by atoms with Gasteiger partial charge < -0.3 is 10.2 Å². The van der Waals surface area contributed by atoms with Gasteiger partial charge in [-0.25, -0.2) is 0 Å². The highest BCUT2D eigenvalue weighted by Gasteiger charge is 2.40. The summed E-state index contributed by atoms with van der Waals surface area (Å²) in [6, 6.07) is 0.410. The van der Waals surface area contributed by atoms with Crippen LogP contribution in [0.1, 0.15) is 46.0 Å². The Labute approximate surface area is 98.6 Å². The van der Waals surface area contributed by atoms with Gasteiger partial charge in [0.1, 0.15) is 0 Å². The van der Waals surface area contributed by atoms with Gasteiger partial charge in [0.2, 0.25) is 5.91 Å². The van der Waals surface area contributed by atoms with E-state index in [9.17, 15) is 4.79 Å². The molecule has 0 radical (unpaired) electrons. The second-order valence-corrected chi connectivity index (χ2v) is 5.71. The lowest BCUT2D eigenvalue weighted by atomic mass is 9.89. The highest BCUT2D eigenvalue weighted by Crippen LogP contribution is 2.35. The molecule has 2 aliphatic rings. The summed E-state index contributed by atoms with van der Waals surface area (Å²) in [6.07, 6.45) is 5.94. The van der Waals surface area contributed by atoms with Gasteiger partial charge in [-0.3, -0.25) is 4.79 Å². The molecule has 16 heavy (non-hydrogen) atoms. The van der Waals surface area contributed by atoms with Crippen molar-refractivity contribution in [1.82, 2.24) is 10.2 Å². The molecule has 2 atom stereocenters. The van der Waals surface area contributed by atoms with Crippen molar-refractivity contribution in [2.75, 3.05) is 13.6 Å². The summed E-state index contributed by atoms with van der Waals surface area (Å²) in [4.78, 5) is 14.4. The zero-order valence-electron chi connectivity index (χ0n) is 10.8. The monoisotopic (exact) mass is 224 g/mol. The molecular formula is C13H24N2O. The third-order valence-corrected chi connectivity index (χ3v) is 4.33. The van der Waals surface area contributed by atoms with Gasteiger partial charge in [-0.2, -0.15) is 0 Å². The standard InChI is InChI=1S/C13H24N2O/c1-10(11-6-7-11)15(3)12(16)13(2)8-4-5-9-14-13/h10-11,14H,4-9H2,1-3H3. The van der Waals surface area contributed by atoms with Crippen molar-refractivity contribution >= 4 is 5.91 Å². The van der Waals surface area contributed by atoms with E-state index < -0.39 is 0 Å². The first kappa shape index (κ1) is 11.9. The van der Waals surface area contributed by atoms with Crippen LogP contribution in [0.3, 0.4) is 0 Å². The Morgan fingerprint density at radius 1 is 1.44 bits per heavy atom. The minimum absolute atomic E-state index is 0.284. The van der Waals surface area contributed by atoms with Crippen molar-refractivity contribution in [3.63, 3.8) is 0 Å². The molecule has 1 amide bonds. The molecule has 0 aromatic heterocycles. The average Bonchev–Trinajstić information content (AvgIpc) is 3.11. The molecule has 1 heterocycles. The second-order valence-electron chi connectivity index (χ2n) is 5.71. The summed E-state index contributed by atoms with van der Waals surface area (Å²) in [5.74, 6) is 1.03. The molecule has 92 valence electrons. The molecular weight excluding hydrogens is 200 g/mol. The molecule has 1 aliphatic carbocycles. The smallest absolute Gasteiger partial charge is 0.242 e. The normalized spacial score (nSPS) is 32.2. The van der Waals surface area contributed by atoms with Gasteiger partial charge >= 0.3 is 0 Å². The molecule has 3 heteroatoms. The van der Waals surface area contributed by atoms with Crippen LogP contribution in [0, 0.1) is 5.92 Å². The Hall–Kier alpha value is -0.570. The Kier molecular flexibility index (Phi) is 3.24. The third kappa shape index (κ3) is 2.24. The van der Waals surface area contributed by atoms with E-state index >= 15 is 0 Å². The Morgan fingerprint density at radius 2 is 2.12 bits per heavy atom. The van der Waals surface area contributed by atoms with Gasteiger partial charge in [0.25, 0.3) is 0 Å². The molecule has 1 saturated carbocycles. The van der Waals surface area contributed by atoms with Gasteiger partial charge in [0, 0.05) is 13.1 Å². The number of carbonyl (C=O) groups is 1. The summed E-state index contributed by atoms with van der Waals surface area (Å²) in [5.41, 5.74) is -0.309. The molecule has 1 aliphatic heterocycles. The molecule has 0 aromatic rings. The van der Waals surface area contributed by atoms with E-state index in [4.69, 9.17) is 0 Å². The average molecular weight is 224 g/mol. The van der Waals surface area contributed by atoms with Crippen molar-refractivity contribution in [2.24, 2.45) is 5.92 Å². The van der Waals surface area contributed by atoms with Crippen molar-refractivity contribution in [2.45, 2.75) is 57.5 Å². The fourth-order valence-electron chi connectivity index (χ4n) is 2.71. The number of hydrogen-bond acceptors (Lipinski definition) is 2. The van der Waals surface area contributed by atoms with Crippen LogP contribution < -0.4 is 5.32 Å². The highest BCUT2D eigenvalue weighted by atomic mass is 16.2. The number of likely N-dealkylation sites (N-methyl/N-ethyl adjacent to an activating group) is 1. The number of nitrogens with one attached hydrogen (secondary N) is 1. The maximum atomic E-state index is 12.5. The lowest BCUT2D eigenvalue weighted by molar-refractivity contribution is -0.139. The minimum atomic E-state index is -0.309. The van der Waals surface area contributed by atoms with E-state index in [0.29, 0.717) is 6.04 Å². The van der Waals surface area contributed by atoms with E-state index in [2.05, 4.69) is 19.2 Å². The van der Waals surface area contributed by atoms with Crippen LogP contribution in [-0.4, -0.2) is 36.0 Å². The number of amides is 1. The van der Waals surface area contributed by atoms with Crippen LogP contribution in [0.5, 0.6) is 0 Å². The van der Waals surface area contributed by atoms with Crippen LogP contribution in [0.25, 0.3) is 0 Å². The second kappa shape index (κ2) is 4.36. The van der Waals surface area contributed by atoms with Crippen LogP contribution in [0.4, 0.5) is 0 Å². The molecule has 0 bridgehead atoms. The number of nitrogens with zero attached hydrogens (tertiary/aromatic N) is 1. The zero-order chi connectivity index (χ0) is 11.8. The fourth-order valence-corrected chi connectivity index (χ4v) is 2.71. The van der Waals surface area contributed by atoms with Gasteiger partial charge in [-0.15, -0.1) is 0 Å². The molecule has 2 unspecified atom stereocenters. The molecule has 3 nitrogen and oxygen atoms in total. The zero-order valence-corrected chi connectivity index (χ0v) is 10.8. The van der Waals surface area contributed by atoms with Crippen LogP contribution in [-0.2, 0) is 4.79 Å². The number of piperidine rings is 1. The maximum Gasteiger partial charge on any atom is 0.242 e. The predicted octanol–water partition coefficient (Wildman–Crippen LogP) is 1.78. The predicted molar refractivity (Wildman–Crippen MR) is 65.2 cm³/mol. The van der Waals surface area contributed by atoms with Crippen molar-refractivity contribution < 1.29 is 4.79 Å². The Bertz CT molecular complexity index is 267. The van der Waals surface area contributed by atoms with E-state index in [1.54, 1.807) is 0 Å². The maximum absolute atomic E-state index is 12.5. The molecule has 1 saturated heterocycles. The van der Waals surface area contributed by atoms with Crippen molar-refractivity contribution in [3.05, 3.63) is 0 Å². The van der Waals surface area contributed by atoms with Crippen molar-refractivity contribution in [3.8, 4) is 0 Å². The van der Waals surface area contributed by atoms with Gasteiger partial charge in [0.05, 0.1) is 5.54 Å². The van der Waals surface area contributed by atoms with Crippen LogP contribution in [0.2, 0.25) is 0 Å². The molecule has 0 aromatic carbocycles. The summed E-state index contributed by atoms with van der Waals surface area (Å²) >= 11 is 0. The first-order valence-corrected chi connectivity index (χ1v) is 6.57. The molecule has 1 N–H and O–H groups in total. The summed E-state index contributed by atoms with van der Waals surface area (Å²) in [6.45, 7) is 5.22. The number of hydrogen-bond donors (Lipinski definition) is 1. The van der Waals surface area contributed by atoms with Crippen molar-refractivity contribution in [1.29, 1.82) is 0 Å². The molecule has 0 spiro atoms. The van der Waals surface area contributed by atoms with E-state index in [1.807, 2.05) is 11.9 Å². The SMILES string of the molecule is CC(C1CC1)N(C)C(=O)C1(C)CCCCN1. The number of carbonyl (C=O) groups excluding carboxylic acids is 1. The first-order chi connectivity index (χ1) is 7.54. The lowest BCUT2D eigenvalue weighted by Crippen LogP contribution is -2.58. The Morgan fingerprint density at radius 3 is 2.62 bits per heavy atom. The van der Waals surface area contributed by atoms with E-state index in [0.717, 1.165) is 18.9 Å². The van der Waals surface area contributed by atoms with E-state index in [1.165, 1.54) is 25.7 Å². The number of rotatable bonds is 3. The summed E-state index contributed by atoms with van der Waals surface area (Å²) in [7, 11) is 1.97. The summed E-state index contributed by atoms with van der Waals surface area (Å²) < 4.78 is 0. The molecule has 2 fully saturated rings. The highest BCUT2D eigenvalue weighted by molar-refractivity contribution is 5.86. The molecule has 2 rings (SSSR count). The lowest BCUT2D eigenvalue weighted by Gasteiger charge is -2.38. The Balaban J connectivity index is 1.98. The largest absolute Gasteiger partial charge is 0.341 e.